The van der Waals surface area contributed by atoms with Gasteiger partial charge in [0.1, 0.15) is 0 Å². The lowest BCUT2D eigenvalue weighted by Crippen LogP contribution is -2.52. The van der Waals surface area contributed by atoms with Crippen molar-refractivity contribution in [1.29, 1.82) is 0 Å². The van der Waals surface area contributed by atoms with E-state index in [9.17, 15) is 4.79 Å². The van der Waals surface area contributed by atoms with Crippen LogP contribution >= 0.6 is 22.6 Å². The summed E-state index contributed by atoms with van der Waals surface area (Å²) < 4.78 is 18.5. The first-order chi connectivity index (χ1) is 11.1. The third kappa shape index (κ3) is 4.90. The number of halogens is 1. The number of ether oxygens (including phenoxy) is 3. The van der Waals surface area contributed by atoms with Crippen LogP contribution in [0.4, 0.5) is 0 Å². The largest absolute Gasteiger partial charge is 0.435 e. The molecule has 1 fully saturated rings. The number of esters is 1. The summed E-state index contributed by atoms with van der Waals surface area (Å²) >= 11 is 2.32. The maximum absolute atomic E-state index is 11.4. The summed E-state index contributed by atoms with van der Waals surface area (Å²) in [5.41, 5.74) is 1.15. The highest BCUT2D eigenvalue weighted by Gasteiger charge is 2.44. The molecule has 1 aliphatic rings. The summed E-state index contributed by atoms with van der Waals surface area (Å²) in [6, 6.07) is 10.1. The first kappa shape index (κ1) is 18.7. The van der Waals surface area contributed by atoms with Crippen molar-refractivity contribution in [3.63, 3.8) is 0 Å². The van der Waals surface area contributed by atoms with Crippen molar-refractivity contribution in [2.45, 2.75) is 52.3 Å². The molecule has 0 aliphatic carbocycles. The monoisotopic (exact) mass is 432 g/mol. The smallest absolute Gasteiger partial charge is 0.304 e. The van der Waals surface area contributed by atoms with Gasteiger partial charge in [0, 0.05) is 17.3 Å². The standard InChI is InChI=1S/C18H25IO4/c1-4-16-12(2)17(21-11-14-8-6-5-7-9-14)15(10-19)18(23-16)22-13(3)20/h5-9,12,15-18H,4,10-11H2,1-3H3/t12-,15+,16+,17-,18?/m0/s1. The molecular weight excluding hydrogens is 407 g/mol. The molecule has 0 spiro atoms. The van der Waals surface area contributed by atoms with E-state index in [-0.39, 0.29) is 30.0 Å². The predicted molar refractivity (Wildman–Crippen MR) is 97.3 cm³/mol. The van der Waals surface area contributed by atoms with Gasteiger partial charge in [0.15, 0.2) is 0 Å². The van der Waals surface area contributed by atoms with E-state index in [0.29, 0.717) is 6.61 Å². The van der Waals surface area contributed by atoms with Crippen LogP contribution in [0.15, 0.2) is 30.3 Å². The Kier molecular flexibility index (Phi) is 7.30. The van der Waals surface area contributed by atoms with E-state index in [1.807, 2.05) is 18.2 Å². The Balaban J connectivity index is 2.12. The molecule has 5 heteroatoms. The second kappa shape index (κ2) is 8.99. The maximum Gasteiger partial charge on any atom is 0.304 e. The predicted octanol–water partition coefficient (Wildman–Crippen LogP) is 3.96. The van der Waals surface area contributed by atoms with Gasteiger partial charge in [-0.3, -0.25) is 4.79 Å². The molecule has 1 heterocycles. The van der Waals surface area contributed by atoms with Crippen molar-refractivity contribution in [2.75, 3.05) is 4.43 Å². The fourth-order valence-electron chi connectivity index (χ4n) is 3.10. The van der Waals surface area contributed by atoms with Crippen LogP contribution in [0.3, 0.4) is 0 Å². The molecule has 0 bridgehead atoms. The Morgan fingerprint density at radius 2 is 2.00 bits per heavy atom. The zero-order valence-electron chi connectivity index (χ0n) is 13.9. The van der Waals surface area contributed by atoms with E-state index in [0.717, 1.165) is 16.4 Å². The van der Waals surface area contributed by atoms with Crippen LogP contribution in [0.25, 0.3) is 0 Å². The normalized spacial score (nSPS) is 30.9. The van der Waals surface area contributed by atoms with Crippen molar-refractivity contribution in [3.8, 4) is 0 Å². The van der Waals surface area contributed by atoms with E-state index in [2.05, 4.69) is 48.6 Å². The zero-order valence-corrected chi connectivity index (χ0v) is 16.1. The van der Waals surface area contributed by atoms with E-state index in [1.165, 1.54) is 6.92 Å². The lowest BCUT2D eigenvalue weighted by atomic mass is 9.84. The lowest BCUT2D eigenvalue weighted by molar-refractivity contribution is -0.261. The fourth-order valence-corrected chi connectivity index (χ4v) is 4.02. The van der Waals surface area contributed by atoms with Crippen molar-refractivity contribution < 1.29 is 19.0 Å². The van der Waals surface area contributed by atoms with Crippen LogP contribution in [0, 0.1) is 11.8 Å². The van der Waals surface area contributed by atoms with E-state index in [4.69, 9.17) is 14.2 Å². The molecule has 0 aromatic heterocycles. The molecule has 0 amide bonds. The Hall–Kier alpha value is -0.660. The van der Waals surface area contributed by atoms with Crippen LogP contribution in [0.1, 0.15) is 32.8 Å². The van der Waals surface area contributed by atoms with Gasteiger partial charge in [-0.1, -0.05) is 66.8 Å². The van der Waals surface area contributed by atoms with Gasteiger partial charge in [-0.05, 0) is 12.0 Å². The minimum absolute atomic E-state index is 0.00940. The SMILES string of the molecule is CC[C@H]1OC(OC(C)=O)[C@H](CI)[C@@H](OCc2ccccc2)[C@H]1C. The molecule has 0 radical (unpaired) electrons. The highest BCUT2D eigenvalue weighted by Crippen LogP contribution is 2.36. The fraction of sp³-hybridized carbons (Fsp3) is 0.611. The lowest BCUT2D eigenvalue weighted by Gasteiger charge is -2.44. The average Bonchev–Trinajstić information content (AvgIpc) is 2.55. The minimum Gasteiger partial charge on any atom is -0.435 e. The van der Waals surface area contributed by atoms with Crippen LogP contribution in [-0.4, -0.2) is 28.9 Å². The molecule has 1 unspecified atom stereocenters. The molecule has 1 aromatic rings. The zero-order chi connectivity index (χ0) is 16.8. The summed E-state index contributed by atoms with van der Waals surface area (Å²) in [5, 5.41) is 0. The van der Waals surface area contributed by atoms with Gasteiger partial charge in [-0.2, -0.15) is 0 Å². The first-order valence-corrected chi connectivity index (χ1v) is 9.63. The minimum atomic E-state index is -0.522. The third-order valence-corrected chi connectivity index (χ3v) is 5.35. The number of carbonyl (C=O) groups excluding carboxylic acids is 1. The summed E-state index contributed by atoms with van der Waals surface area (Å²) in [5.74, 6) is -0.00707. The average molecular weight is 432 g/mol. The van der Waals surface area contributed by atoms with Crippen molar-refractivity contribution in [3.05, 3.63) is 35.9 Å². The van der Waals surface area contributed by atoms with Gasteiger partial charge in [0.2, 0.25) is 6.29 Å². The Bertz CT molecular complexity index is 493. The second-order valence-electron chi connectivity index (χ2n) is 6.00. The van der Waals surface area contributed by atoms with Crippen LogP contribution < -0.4 is 0 Å². The van der Waals surface area contributed by atoms with Crippen LogP contribution in [0.5, 0.6) is 0 Å². The molecule has 4 nitrogen and oxygen atoms in total. The second-order valence-corrected chi connectivity index (χ2v) is 6.88. The number of hydrogen-bond donors (Lipinski definition) is 0. The Morgan fingerprint density at radius 3 is 2.57 bits per heavy atom. The molecule has 2 rings (SSSR count). The molecule has 0 saturated carbocycles. The molecule has 0 N–H and O–H groups in total. The van der Waals surface area contributed by atoms with Gasteiger partial charge in [-0.15, -0.1) is 0 Å². The molecule has 1 aromatic carbocycles. The van der Waals surface area contributed by atoms with Crippen LogP contribution in [0.2, 0.25) is 0 Å². The molecule has 23 heavy (non-hydrogen) atoms. The van der Waals surface area contributed by atoms with Crippen molar-refractivity contribution in [1.82, 2.24) is 0 Å². The Morgan fingerprint density at radius 1 is 1.30 bits per heavy atom. The van der Waals surface area contributed by atoms with Crippen molar-refractivity contribution >= 4 is 28.6 Å². The molecule has 128 valence electrons. The van der Waals surface area contributed by atoms with E-state index in [1.54, 1.807) is 0 Å². The summed E-state index contributed by atoms with van der Waals surface area (Å²) in [6.45, 7) is 6.23. The maximum atomic E-state index is 11.4. The number of hydrogen-bond acceptors (Lipinski definition) is 4. The highest BCUT2D eigenvalue weighted by atomic mass is 127. The van der Waals surface area contributed by atoms with E-state index < -0.39 is 6.29 Å². The number of benzene rings is 1. The van der Waals surface area contributed by atoms with E-state index >= 15 is 0 Å². The topological polar surface area (TPSA) is 44.8 Å². The van der Waals surface area contributed by atoms with Gasteiger partial charge >= 0.3 is 5.97 Å². The van der Waals surface area contributed by atoms with Crippen LogP contribution in [-0.2, 0) is 25.6 Å². The van der Waals surface area contributed by atoms with Gasteiger partial charge in [0.05, 0.1) is 24.7 Å². The summed E-state index contributed by atoms with van der Waals surface area (Å²) in [6.07, 6.45) is 0.402. The quantitative estimate of drug-likeness (QED) is 0.388. The van der Waals surface area contributed by atoms with Gasteiger partial charge in [-0.25, -0.2) is 0 Å². The highest BCUT2D eigenvalue weighted by molar-refractivity contribution is 14.1. The molecular formula is C18H25IO4. The van der Waals surface area contributed by atoms with Gasteiger partial charge < -0.3 is 14.2 Å². The van der Waals surface area contributed by atoms with Gasteiger partial charge in [0.25, 0.3) is 0 Å². The Labute approximate surface area is 152 Å². The first-order valence-electron chi connectivity index (χ1n) is 8.11. The molecule has 5 atom stereocenters. The number of carbonyl (C=O) groups is 1. The number of rotatable bonds is 6. The summed E-state index contributed by atoms with van der Waals surface area (Å²) in [7, 11) is 0. The van der Waals surface area contributed by atoms with Crippen molar-refractivity contribution in [2.24, 2.45) is 11.8 Å². The molecule has 1 aliphatic heterocycles. The number of alkyl halides is 1. The third-order valence-electron chi connectivity index (χ3n) is 4.33. The molecule has 1 saturated heterocycles. The summed E-state index contributed by atoms with van der Waals surface area (Å²) in [4.78, 5) is 11.4.